The monoisotopic (exact) mass is 314 g/mol. The first kappa shape index (κ1) is 16.1. The van der Waals surface area contributed by atoms with Gasteiger partial charge in [0.15, 0.2) is 0 Å². The summed E-state index contributed by atoms with van der Waals surface area (Å²) >= 11 is 1.31. The summed E-state index contributed by atoms with van der Waals surface area (Å²) in [4.78, 5) is 38.7. The molecule has 118 valence electrons. The van der Waals surface area contributed by atoms with E-state index >= 15 is 0 Å². The van der Waals surface area contributed by atoms with Gasteiger partial charge in [0.2, 0.25) is 5.91 Å². The fourth-order valence-electron chi connectivity index (χ4n) is 2.64. The third-order valence-corrected chi connectivity index (χ3v) is 4.80. The van der Waals surface area contributed by atoms with E-state index < -0.39 is 0 Å². The number of piperidine rings is 1. The summed E-state index contributed by atoms with van der Waals surface area (Å²) in [5.41, 5.74) is 0. The molecule has 2 fully saturated rings. The van der Waals surface area contributed by atoms with Gasteiger partial charge in [-0.25, -0.2) is 0 Å². The number of hydrogen-bond donors (Lipinski definition) is 0. The number of carbonyl (C=O) groups excluding carboxylic acids is 3. The van der Waals surface area contributed by atoms with Crippen LogP contribution in [-0.2, 0) is 14.3 Å². The summed E-state index contributed by atoms with van der Waals surface area (Å²) < 4.78 is 5.02. The van der Waals surface area contributed by atoms with E-state index in [9.17, 15) is 14.4 Å². The van der Waals surface area contributed by atoms with Crippen molar-refractivity contribution in [2.75, 3.05) is 38.5 Å². The average molecular weight is 314 g/mol. The van der Waals surface area contributed by atoms with Crippen molar-refractivity contribution in [2.24, 2.45) is 5.92 Å². The van der Waals surface area contributed by atoms with E-state index in [-0.39, 0.29) is 23.0 Å². The van der Waals surface area contributed by atoms with Gasteiger partial charge in [0.05, 0.1) is 12.5 Å². The molecule has 0 radical (unpaired) electrons. The number of rotatable bonds is 5. The van der Waals surface area contributed by atoms with Gasteiger partial charge in [0.1, 0.15) is 0 Å². The lowest BCUT2D eigenvalue weighted by atomic mass is 9.97. The maximum absolute atomic E-state index is 12.1. The first-order chi connectivity index (χ1) is 10.1. The molecule has 0 aromatic carbocycles. The number of amides is 2. The van der Waals surface area contributed by atoms with E-state index in [4.69, 9.17) is 4.74 Å². The highest BCUT2D eigenvalue weighted by atomic mass is 32.2. The normalized spacial score (nSPS) is 20.0. The molecular formula is C14H22N2O4S. The van der Waals surface area contributed by atoms with E-state index in [1.165, 1.54) is 11.8 Å². The highest BCUT2D eigenvalue weighted by molar-refractivity contribution is 8.13. The quantitative estimate of drug-likeness (QED) is 0.717. The van der Waals surface area contributed by atoms with Crippen LogP contribution in [0.2, 0.25) is 0 Å². The van der Waals surface area contributed by atoms with Gasteiger partial charge in [0, 0.05) is 38.4 Å². The molecule has 2 amide bonds. The van der Waals surface area contributed by atoms with Crippen LogP contribution in [0.3, 0.4) is 0 Å². The van der Waals surface area contributed by atoms with Gasteiger partial charge in [0.25, 0.3) is 5.24 Å². The van der Waals surface area contributed by atoms with E-state index in [0.29, 0.717) is 45.5 Å². The fourth-order valence-corrected chi connectivity index (χ4v) is 3.49. The molecule has 21 heavy (non-hydrogen) atoms. The zero-order chi connectivity index (χ0) is 15.2. The van der Waals surface area contributed by atoms with E-state index in [1.807, 2.05) is 0 Å². The molecule has 2 aliphatic heterocycles. The molecule has 0 atom stereocenters. The Labute approximate surface area is 129 Å². The minimum atomic E-state index is -0.149. The topological polar surface area (TPSA) is 66.9 Å². The van der Waals surface area contributed by atoms with Crippen molar-refractivity contribution in [2.45, 2.75) is 26.2 Å². The van der Waals surface area contributed by atoms with Crippen molar-refractivity contribution in [1.29, 1.82) is 0 Å². The average Bonchev–Trinajstić information content (AvgIpc) is 2.90. The SMILES string of the molecule is CCOC(=O)C1CCN(C(=O)CCN2CCSC2=O)CC1. The molecule has 0 N–H and O–H groups in total. The standard InChI is InChI=1S/C14H22N2O4S/c1-2-20-13(18)11-3-6-15(7-4-11)12(17)5-8-16-9-10-21-14(16)19/h11H,2-10H2,1H3. The summed E-state index contributed by atoms with van der Waals surface area (Å²) in [5.74, 6) is 0.662. The lowest BCUT2D eigenvalue weighted by Gasteiger charge is -2.31. The molecule has 0 aromatic rings. The third-order valence-electron chi connectivity index (χ3n) is 3.91. The molecule has 0 unspecified atom stereocenters. The predicted molar refractivity (Wildman–Crippen MR) is 80.0 cm³/mol. The van der Waals surface area contributed by atoms with Crippen LogP contribution in [0.5, 0.6) is 0 Å². The summed E-state index contributed by atoms with van der Waals surface area (Å²) in [6.45, 7) is 4.65. The summed E-state index contributed by atoms with van der Waals surface area (Å²) in [6.07, 6.45) is 1.71. The van der Waals surface area contributed by atoms with Crippen molar-refractivity contribution in [1.82, 2.24) is 9.80 Å². The number of hydrogen-bond acceptors (Lipinski definition) is 5. The second-order valence-corrected chi connectivity index (χ2v) is 6.30. The Bertz CT molecular complexity index is 408. The van der Waals surface area contributed by atoms with Crippen LogP contribution in [0.4, 0.5) is 4.79 Å². The van der Waals surface area contributed by atoms with Crippen LogP contribution in [0.15, 0.2) is 0 Å². The molecule has 7 heteroatoms. The zero-order valence-electron chi connectivity index (χ0n) is 12.4. The Morgan fingerprint density at radius 2 is 2.00 bits per heavy atom. The summed E-state index contributed by atoms with van der Waals surface area (Å²) in [5, 5.41) is 0.0730. The summed E-state index contributed by atoms with van der Waals surface area (Å²) in [6, 6.07) is 0. The first-order valence-corrected chi connectivity index (χ1v) is 8.46. The van der Waals surface area contributed by atoms with Gasteiger partial charge in [-0.1, -0.05) is 11.8 Å². The molecule has 0 aliphatic carbocycles. The maximum Gasteiger partial charge on any atom is 0.309 e. The highest BCUT2D eigenvalue weighted by Gasteiger charge is 2.29. The minimum Gasteiger partial charge on any atom is -0.466 e. The highest BCUT2D eigenvalue weighted by Crippen LogP contribution is 2.20. The Morgan fingerprint density at radius 3 is 2.57 bits per heavy atom. The number of esters is 1. The lowest BCUT2D eigenvalue weighted by molar-refractivity contribution is -0.151. The lowest BCUT2D eigenvalue weighted by Crippen LogP contribution is -2.41. The van der Waals surface area contributed by atoms with Crippen LogP contribution in [0, 0.1) is 5.92 Å². The first-order valence-electron chi connectivity index (χ1n) is 7.48. The van der Waals surface area contributed by atoms with Crippen LogP contribution in [-0.4, -0.2) is 65.5 Å². The Kier molecular flexibility index (Phi) is 5.90. The smallest absolute Gasteiger partial charge is 0.309 e. The van der Waals surface area contributed by atoms with Crippen LogP contribution in [0.1, 0.15) is 26.2 Å². The molecule has 0 spiro atoms. The molecule has 6 nitrogen and oxygen atoms in total. The minimum absolute atomic E-state index is 0.0713. The Morgan fingerprint density at radius 1 is 1.29 bits per heavy atom. The molecule has 2 heterocycles. The van der Waals surface area contributed by atoms with Crippen molar-refractivity contribution in [3.8, 4) is 0 Å². The number of ether oxygens (including phenoxy) is 1. The Hall–Kier alpha value is -1.24. The van der Waals surface area contributed by atoms with Crippen LogP contribution in [0.25, 0.3) is 0 Å². The van der Waals surface area contributed by atoms with Gasteiger partial charge in [-0.15, -0.1) is 0 Å². The molecule has 0 aromatic heterocycles. The molecule has 0 bridgehead atoms. The van der Waals surface area contributed by atoms with Gasteiger partial charge in [-0.2, -0.15) is 0 Å². The zero-order valence-corrected chi connectivity index (χ0v) is 13.2. The van der Waals surface area contributed by atoms with Crippen molar-refractivity contribution in [3.63, 3.8) is 0 Å². The fraction of sp³-hybridized carbons (Fsp3) is 0.786. The predicted octanol–water partition coefficient (Wildman–Crippen LogP) is 1.35. The van der Waals surface area contributed by atoms with Crippen molar-refractivity contribution >= 4 is 28.9 Å². The van der Waals surface area contributed by atoms with E-state index in [2.05, 4.69) is 0 Å². The van der Waals surface area contributed by atoms with E-state index in [0.717, 1.165) is 12.3 Å². The molecular weight excluding hydrogens is 292 g/mol. The van der Waals surface area contributed by atoms with E-state index in [1.54, 1.807) is 16.7 Å². The number of likely N-dealkylation sites (tertiary alicyclic amines) is 1. The summed E-state index contributed by atoms with van der Waals surface area (Å²) in [7, 11) is 0. The van der Waals surface area contributed by atoms with Crippen molar-refractivity contribution in [3.05, 3.63) is 0 Å². The maximum atomic E-state index is 12.1. The van der Waals surface area contributed by atoms with Crippen LogP contribution >= 0.6 is 11.8 Å². The van der Waals surface area contributed by atoms with Gasteiger partial charge < -0.3 is 14.5 Å². The largest absolute Gasteiger partial charge is 0.466 e. The van der Waals surface area contributed by atoms with Gasteiger partial charge in [-0.3, -0.25) is 14.4 Å². The van der Waals surface area contributed by atoms with Crippen molar-refractivity contribution < 1.29 is 19.1 Å². The van der Waals surface area contributed by atoms with Gasteiger partial charge in [-0.05, 0) is 19.8 Å². The number of thioether (sulfide) groups is 1. The molecule has 2 rings (SSSR count). The molecule has 2 aliphatic rings. The second kappa shape index (κ2) is 7.68. The Balaban J connectivity index is 1.70. The van der Waals surface area contributed by atoms with Gasteiger partial charge >= 0.3 is 5.97 Å². The third kappa shape index (κ3) is 4.36. The number of carbonyl (C=O) groups is 3. The molecule has 0 saturated carbocycles. The second-order valence-electron chi connectivity index (χ2n) is 5.26. The molecule has 2 saturated heterocycles. The number of nitrogens with zero attached hydrogens (tertiary/aromatic N) is 2. The van der Waals surface area contributed by atoms with Crippen LogP contribution < -0.4 is 0 Å².